The lowest BCUT2D eigenvalue weighted by Gasteiger charge is -2.06. The van der Waals surface area contributed by atoms with Crippen molar-refractivity contribution in [3.8, 4) is 0 Å². The van der Waals surface area contributed by atoms with Crippen LogP contribution in [-0.4, -0.2) is 24.0 Å². The van der Waals surface area contributed by atoms with E-state index in [1.165, 1.54) is 38.5 Å². The smallest absolute Gasteiger partial charge is 0.376 e. The van der Waals surface area contributed by atoms with Gasteiger partial charge in [0.2, 0.25) is 5.29 Å². The van der Waals surface area contributed by atoms with Crippen LogP contribution in [0.2, 0.25) is 0 Å². The molecule has 0 heterocycles. The summed E-state index contributed by atoms with van der Waals surface area (Å²) in [7, 11) is -1.53. The van der Waals surface area contributed by atoms with Crippen LogP contribution in [0, 0.1) is 0 Å². The monoisotopic (exact) mass is 302 g/mol. The Morgan fingerprint density at radius 2 is 1.50 bits per heavy atom. The second-order valence-corrected chi connectivity index (χ2v) is 6.84. The molecule has 0 radical (unpaired) electrons. The Hall–Kier alpha value is -0.400. The molecule has 4 heteroatoms. The molecule has 0 aromatic rings. The van der Waals surface area contributed by atoms with Crippen LogP contribution >= 0.6 is 7.77 Å². The molecule has 0 rings (SSSR count). The maximum atomic E-state index is 12.1. The van der Waals surface area contributed by atoms with Gasteiger partial charge in [0.1, 0.15) is 6.16 Å². The van der Waals surface area contributed by atoms with Crippen LogP contribution in [0.1, 0.15) is 78.6 Å². The Kier molecular flexibility index (Phi) is 13.3. The van der Waals surface area contributed by atoms with Gasteiger partial charge in [-0.2, -0.15) is 0 Å². The van der Waals surface area contributed by atoms with Crippen molar-refractivity contribution in [1.82, 2.24) is 0 Å². The van der Waals surface area contributed by atoms with E-state index in [1.807, 2.05) is 6.92 Å². The summed E-state index contributed by atoms with van der Waals surface area (Å²) < 4.78 is 4.94. The molecule has 0 saturated carbocycles. The lowest BCUT2D eigenvalue weighted by Crippen LogP contribution is -2.19. The number of carbonyl (C=O) groups is 1. The van der Waals surface area contributed by atoms with Crippen LogP contribution in [-0.2, 0) is 9.53 Å². The third kappa shape index (κ3) is 9.50. The highest BCUT2D eigenvalue weighted by Crippen LogP contribution is 2.20. The number of ether oxygens (including phenoxy) is 1. The lowest BCUT2D eigenvalue weighted by molar-refractivity contribution is -0.153. The summed E-state index contributed by atoms with van der Waals surface area (Å²) in [6, 6.07) is 0. The molecule has 20 heavy (non-hydrogen) atoms. The van der Waals surface area contributed by atoms with Gasteiger partial charge in [0.05, 0.1) is 14.4 Å². The lowest BCUT2D eigenvalue weighted by atomic mass is 10.1. The number of rotatable bonds is 12. The van der Waals surface area contributed by atoms with E-state index in [-0.39, 0.29) is 5.97 Å². The molecule has 0 aromatic carbocycles. The van der Waals surface area contributed by atoms with E-state index in [0.717, 1.165) is 12.8 Å². The summed E-state index contributed by atoms with van der Waals surface area (Å²) in [4.78, 5) is 23.7. The average molecular weight is 302 g/mol. The summed E-state index contributed by atoms with van der Waals surface area (Å²) in [6.07, 6.45) is 11.0. The summed E-state index contributed by atoms with van der Waals surface area (Å²) in [6.45, 7) is 6.22. The number of esters is 1. The van der Waals surface area contributed by atoms with Crippen molar-refractivity contribution >= 4 is 19.0 Å². The molecule has 0 aromatic heterocycles. The minimum Gasteiger partial charge on any atom is -0.630 e. The summed E-state index contributed by atoms with van der Waals surface area (Å²) in [5.74, 6) is -0.365. The van der Waals surface area contributed by atoms with E-state index in [2.05, 4.69) is 6.92 Å². The van der Waals surface area contributed by atoms with Gasteiger partial charge in [-0.1, -0.05) is 52.4 Å². The van der Waals surface area contributed by atoms with E-state index < -0.39 is 7.77 Å². The predicted molar refractivity (Wildman–Crippen MR) is 86.3 cm³/mol. The second kappa shape index (κ2) is 13.6. The molecular weight excluding hydrogens is 271 g/mol. The Labute approximate surface area is 125 Å². The van der Waals surface area contributed by atoms with Crippen LogP contribution in [0.4, 0.5) is 0 Å². The maximum Gasteiger partial charge on any atom is 0.376 e. The van der Waals surface area contributed by atoms with Gasteiger partial charge in [-0.25, -0.2) is 4.79 Å². The maximum absolute atomic E-state index is 12.1. The summed E-state index contributed by atoms with van der Waals surface area (Å²) >= 11 is 0. The third-order valence-corrected chi connectivity index (χ3v) is 5.19. The Morgan fingerprint density at radius 3 is 2.00 bits per heavy atom. The second-order valence-electron chi connectivity index (χ2n) is 5.10. The minimum absolute atomic E-state index is 0.350. The number of unbranched alkanes of at least 4 members (excludes halogenated alkanes) is 7. The SMILES string of the molecule is CCCCCCCCCC[P+]([O-])=C(CC)C(=O)OCC. The first-order valence-electron chi connectivity index (χ1n) is 8.14. The van der Waals surface area contributed by atoms with E-state index in [4.69, 9.17) is 4.74 Å². The number of carbonyl (C=O) groups excluding carboxylic acids is 1. The molecule has 0 amide bonds. The highest BCUT2D eigenvalue weighted by atomic mass is 31.1. The molecule has 0 aliphatic heterocycles. The Bertz CT molecular complexity index is 287. The van der Waals surface area contributed by atoms with Gasteiger partial charge in [-0.15, -0.1) is 0 Å². The van der Waals surface area contributed by atoms with Crippen LogP contribution in [0.15, 0.2) is 0 Å². The van der Waals surface area contributed by atoms with E-state index in [1.54, 1.807) is 6.92 Å². The largest absolute Gasteiger partial charge is 0.630 e. The van der Waals surface area contributed by atoms with E-state index in [9.17, 15) is 9.69 Å². The third-order valence-electron chi connectivity index (χ3n) is 3.36. The highest BCUT2D eigenvalue weighted by molar-refractivity contribution is 7.54. The molecule has 0 saturated heterocycles. The van der Waals surface area contributed by atoms with Crippen molar-refractivity contribution in [3.05, 3.63) is 0 Å². The fraction of sp³-hybridized carbons (Fsp3) is 0.875. The minimum atomic E-state index is -1.53. The Morgan fingerprint density at radius 1 is 0.950 bits per heavy atom. The van der Waals surface area contributed by atoms with Crippen LogP contribution in [0.5, 0.6) is 0 Å². The first-order chi connectivity index (χ1) is 9.67. The normalized spacial score (nSPS) is 12.2. The van der Waals surface area contributed by atoms with Crippen LogP contribution < -0.4 is 4.89 Å². The molecule has 3 nitrogen and oxygen atoms in total. The molecule has 0 bridgehead atoms. The molecule has 0 fully saturated rings. The standard InChI is InChI=1S/C16H31O3P/c1-4-7-8-9-10-11-12-13-14-20(18)15(5-2)16(17)19-6-3/h4-14H2,1-3H3. The zero-order valence-electron chi connectivity index (χ0n) is 13.5. The topological polar surface area (TPSA) is 49.4 Å². The van der Waals surface area contributed by atoms with Crippen molar-refractivity contribution in [2.75, 3.05) is 12.8 Å². The fourth-order valence-corrected chi connectivity index (χ4v) is 3.56. The molecule has 1 unspecified atom stereocenters. The average Bonchev–Trinajstić information content (AvgIpc) is 2.43. The van der Waals surface area contributed by atoms with E-state index in [0.29, 0.717) is 24.5 Å². The fourth-order valence-electron chi connectivity index (χ4n) is 2.16. The molecule has 0 aliphatic rings. The molecule has 1 atom stereocenters. The Balaban J connectivity index is 3.83. The summed E-state index contributed by atoms with van der Waals surface area (Å²) in [5.41, 5.74) is 0. The highest BCUT2D eigenvalue weighted by Gasteiger charge is 2.18. The first-order valence-corrected chi connectivity index (χ1v) is 9.59. The molecule has 0 spiro atoms. The van der Waals surface area contributed by atoms with Crippen molar-refractivity contribution < 1.29 is 14.4 Å². The van der Waals surface area contributed by atoms with Crippen molar-refractivity contribution in [1.29, 1.82) is 0 Å². The number of hydrogen-bond donors (Lipinski definition) is 0. The van der Waals surface area contributed by atoms with Crippen molar-refractivity contribution in [2.24, 2.45) is 0 Å². The predicted octanol–water partition coefficient (Wildman–Crippen LogP) is 4.03. The quantitative estimate of drug-likeness (QED) is 0.311. The van der Waals surface area contributed by atoms with Gasteiger partial charge in [0, 0.05) is 6.42 Å². The van der Waals surface area contributed by atoms with Crippen molar-refractivity contribution in [2.45, 2.75) is 78.6 Å². The zero-order chi connectivity index (χ0) is 15.2. The molecule has 0 aliphatic carbocycles. The molecule has 0 N–H and O–H groups in total. The molecule has 118 valence electrons. The van der Waals surface area contributed by atoms with Gasteiger partial charge >= 0.3 is 5.97 Å². The van der Waals surface area contributed by atoms with Gasteiger partial charge < -0.3 is 9.63 Å². The van der Waals surface area contributed by atoms with Gasteiger partial charge in [0.25, 0.3) is 0 Å². The van der Waals surface area contributed by atoms with Gasteiger partial charge in [0.15, 0.2) is 0 Å². The molecular formula is C16H31O3P. The zero-order valence-corrected chi connectivity index (χ0v) is 14.3. The van der Waals surface area contributed by atoms with Gasteiger partial charge in [-0.3, -0.25) is 0 Å². The van der Waals surface area contributed by atoms with Gasteiger partial charge in [-0.05, 0) is 19.8 Å². The van der Waals surface area contributed by atoms with Crippen LogP contribution in [0.3, 0.4) is 0 Å². The first kappa shape index (κ1) is 19.6. The van der Waals surface area contributed by atoms with Crippen molar-refractivity contribution in [3.63, 3.8) is 0 Å². The number of hydrogen-bond acceptors (Lipinski definition) is 3. The van der Waals surface area contributed by atoms with Crippen LogP contribution in [0.25, 0.3) is 0 Å². The van der Waals surface area contributed by atoms with E-state index >= 15 is 0 Å². The summed E-state index contributed by atoms with van der Waals surface area (Å²) in [5, 5.41) is 0.477.